The number of morpholine rings is 1. The average Bonchev–Trinajstić information content (AvgIpc) is 3.00. The Morgan fingerprint density at radius 3 is 2.87 bits per heavy atom. The van der Waals surface area contributed by atoms with Crippen LogP contribution >= 0.6 is 0 Å². The van der Waals surface area contributed by atoms with Crippen LogP contribution in [0.15, 0.2) is 23.2 Å². The van der Waals surface area contributed by atoms with E-state index in [9.17, 15) is 4.79 Å². The van der Waals surface area contributed by atoms with Gasteiger partial charge >= 0.3 is 0 Å². The predicted molar refractivity (Wildman–Crippen MR) is 82.0 cm³/mol. The lowest BCUT2D eigenvalue weighted by Crippen LogP contribution is -2.49. The predicted octanol–water partition coefficient (Wildman–Crippen LogP) is 1.56. The number of ether oxygens (including phenoxy) is 1. The summed E-state index contributed by atoms with van der Waals surface area (Å²) in [6.07, 6.45) is 6.23. The molecule has 0 radical (unpaired) electrons. The maximum atomic E-state index is 12.7. The molecule has 0 spiro atoms. The van der Waals surface area contributed by atoms with Crippen LogP contribution in [-0.4, -0.2) is 51.6 Å². The summed E-state index contributed by atoms with van der Waals surface area (Å²) < 4.78 is 10.7. The molecule has 7 nitrogen and oxygen atoms in total. The number of amides is 1. The van der Waals surface area contributed by atoms with Gasteiger partial charge in [0.15, 0.2) is 12.1 Å². The fraction of sp³-hybridized carbons (Fsp3) is 0.500. The van der Waals surface area contributed by atoms with Crippen LogP contribution in [0, 0.1) is 13.8 Å². The van der Waals surface area contributed by atoms with Gasteiger partial charge in [0, 0.05) is 18.9 Å². The highest BCUT2D eigenvalue weighted by Crippen LogP contribution is 2.18. The molecule has 1 atom stereocenters. The first kappa shape index (κ1) is 15.6. The highest BCUT2D eigenvalue weighted by molar-refractivity contribution is 5.93. The fourth-order valence-corrected chi connectivity index (χ4v) is 2.79. The Labute approximate surface area is 134 Å². The van der Waals surface area contributed by atoms with Gasteiger partial charge in [0.05, 0.1) is 30.6 Å². The third-order valence-corrected chi connectivity index (χ3v) is 4.13. The van der Waals surface area contributed by atoms with Gasteiger partial charge in [0.2, 0.25) is 0 Å². The zero-order valence-electron chi connectivity index (χ0n) is 13.4. The molecule has 3 heterocycles. The lowest BCUT2D eigenvalue weighted by molar-refractivity contribution is -0.00450. The monoisotopic (exact) mass is 316 g/mol. The van der Waals surface area contributed by atoms with E-state index in [0.717, 1.165) is 24.2 Å². The zero-order chi connectivity index (χ0) is 16.2. The van der Waals surface area contributed by atoms with Crippen molar-refractivity contribution in [3.05, 3.63) is 41.6 Å². The first-order chi connectivity index (χ1) is 11.2. The van der Waals surface area contributed by atoms with Crippen LogP contribution in [0.25, 0.3) is 0 Å². The van der Waals surface area contributed by atoms with Gasteiger partial charge in [0.1, 0.15) is 5.76 Å². The summed E-state index contributed by atoms with van der Waals surface area (Å²) in [5.41, 5.74) is 2.27. The number of carbonyl (C=O) groups excluding carboxylic acids is 1. The van der Waals surface area contributed by atoms with Gasteiger partial charge in [-0.25, -0.2) is 4.98 Å². The Hall–Kier alpha value is -2.28. The maximum Gasteiger partial charge on any atom is 0.276 e. The zero-order valence-corrected chi connectivity index (χ0v) is 13.4. The molecule has 1 saturated heterocycles. The molecule has 1 fully saturated rings. The van der Waals surface area contributed by atoms with Crippen molar-refractivity contribution in [3.8, 4) is 0 Å². The van der Waals surface area contributed by atoms with Gasteiger partial charge in [-0.3, -0.25) is 14.8 Å². The number of rotatable bonds is 4. The summed E-state index contributed by atoms with van der Waals surface area (Å²) in [4.78, 5) is 27.2. The number of hydrogen-bond donors (Lipinski definition) is 0. The minimum absolute atomic E-state index is 0.00811. The van der Waals surface area contributed by atoms with E-state index in [1.54, 1.807) is 19.3 Å². The fourth-order valence-electron chi connectivity index (χ4n) is 2.79. The van der Waals surface area contributed by atoms with Crippen molar-refractivity contribution in [2.45, 2.75) is 32.7 Å². The Balaban J connectivity index is 1.70. The van der Waals surface area contributed by atoms with Gasteiger partial charge in [-0.05, 0) is 26.7 Å². The van der Waals surface area contributed by atoms with Crippen molar-refractivity contribution in [2.75, 3.05) is 19.8 Å². The highest BCUT2D eigenvalue weighted by atomic mass is 16.5. The Morgan fingerprint density at radius 2 is 2.13 bits per heavy atom. The van der Waals surface area contributed by atoms with Crippen LogP contribution in [0.3, 0.4) is 0 Å². The molecule has 7 heteroatoms. The molecule has 1 aliphatic rings. The Kier molecular flexibility index (Phi) is 4.66. The van der Waals surface area contributed by atoms with E-state index in [-0.39, 0.29) is 11.9 Å². The molecular formula is C16H20N4O3. The van der Waals surface area contributed by atoms with Crippen molar-refractivity contribution in [1.82, 2.24) is 19.9 Å². The van der Waals surface area contributed by atoms with E-state index in [0.29, 0.717) is 31.2 Å². The van der Waals surface area contributed by atoms with Gasteiger partial charge in [-0.2, -0.15) is 0 Å². The van der Waals surface area contributed by atoms with Crippen LogP contribution < -0.4 is 0 Å². The second-order valence-electron chi connectivity index (χ2n) is 5.61. The smallest absolute Gasteiger partial charge is 0.276 e. The molecule has 23 heavy (non-hydrogen) atoms. The van der Waals surface area contributed by atoms with E-state index >= 15 is 0 Å². The molecule has 1 aliphatic heterocycles. The number of carbonyl (C=O) groups is 1. The van der Waals surface area contributed by atoms with E-state index in [1.165, 1.54) is 6.39 Å². The van der Waals surface area contributed by atoms with Crippen molar-refractivity contribution in [3.63, 3.8) is 0 Å². The molecule has 0 aliphatic carbocycles. The third-order valence-electron chi connectivity index (χ3n) is 4.13. The molecular weight excluding hydrogens is 296 g/mol. The van der Waals surface area contributed by atoms with Crippen LogP contribution in [0.1, 0.15) is 34.1 Å². The molecule has 0 bridgehead atoms. The maximum absolute atomic E-state index is 12.7. The summed E-state index contributed by atoms with van der Waals surface area (Å²) in [6, 6.07) is 0.00811. The van der Waals surface area contributed by atoms with Gasteiger partial charge in [-0.15, -0.1) is 0 Å². The van der Waals surface area contributed by atoms with Gasteiger partial charge < -0.3 is 14.1 Å². The molecule has 3 rings (SSSR count). The molecule has 2 aromatic heterocycles. The second kappa shape index (κ2) is 6.87. The Morgan fingerprint density at radius 1 is 1.30 bits per heavy atom. The van der Waals surface area contributed by atoms with Crippen molar-refractivity contribution < 1.29 is 13.9 Å². The highest BCUT2D eigenvalue weighted by Gasteiger charge is 2.30. The lowest BCUT2D eigenvalue weighted by atomic mass is 10.1. The number of aromatic nitrogens is 3. The SMILES string of the molecule is Cc1nccnc1CC[C@H]1COCCN1C(=O)c1ncoc1C. The summed E-state index contributed by atoms with van der Waals surface area (Å²) in [5.74, 6) is 0.449. The largest absolute Gasteiger partial charge is 0.448 e. The second-order valence-corrected chi connectivity index (χ2v) is 5.61. The molecule has 1 amide bonds. The topological polar surface area (TPSA) is 81.4 Å². The number of oxazole rings is 1. The molecule has 0 aromatic carbocycles. The van der Waals surface area contributed by atoms with Gasteiger partial charge in [-0.1, -0.05) is 0 Å². The number of aryl methyl sites for hydroxylation is 3. The molecule has 0 unspecified atom stereocenters. The number of hydrogen-bond acceptors (Lipinski definition) is 6. The molecule has 2 aromatic rings. The summed E-state index contributed by atoms with van der Waals surface area (Å²) >= 11 is 0. The van der Waals surface area contributed by atoms with Crippen molar-refractivity contribution >= 4 is 5.91 Å². The van der Waals surface area contributed by atoms with Crippen LogP contribution in [0.4, 0.5) is 0 Å². The summed E-state index contributed by atoms with van der Waals surface area (Å²) in [5, 5.41) is 0. The normalized spacial score (nSPS) is 18.2. The van der Waals surface area contributed by atoms with Crippen LogP contribution in [0.2, 0.25) is 0 Å². The molecule has 122 valence electrons. The third kappa shape index (κ3) is 3.39. The first-order valence-electron chi connectivity index (χ1n) is 7.72. The Bertz CT molecular complexity index is 685. The van der Waals surface area contributed by atoms with Crippen molar-refractivity contribution in [1.29, 1.82) is 0 Å². The lowest BCUT2D eigenvalue weighted by Gasteiger charge is -2.35. The van der Waals surface area contributed by atoms with Crippen LogP contribution in [-0.2, 0) is 11.2 Å². The van der Waals surface area contributed by atoms with E-state index in [2.05, 4.69) is 15.0 Å². The van der Waals surface area contributed by atoms with E-state index in [4.69, 9.17) is 9.15 Å². The van der Waals surface area contributed by atoms with Crippen LogP contribution in [0.5, 0.6) is 0 Å². The summed E-state index contributed by atoms with van der Waals surface area (Å²) in [6.45, 7) is 5.33. The van der Waals surface area contributed by atoms with E-state index < -0.39 is 0 Å². The van der Waals surface area contributed by atoms with Gasteiger partial charge in [0.25, 0.3) is 5.91 Å². The molecule has 0 saturated carbocycles. The van der Waals surface area contributed by atoms with E-state index in [1.807, 2.05) is 11.8 Å². The van der Waals surface area contributed by atoms with Crippen molar-refractivity contribution in [2.24, 2.45) is 0 Å². The minimum Gasteiger partial charge on any atom is -0.448 e. The first-order valence-corrected chi connectivity index (χ1v) is 7.72. The average molecular weight is 316 g/mol. The minimum atomic E-state index is -0.0968. The molecule has 0 N–H and O–H groups in total. The number of nitrogens with zero attached hydrogens (tertiary/aromatic N) is 4. The summed E-state index contributed by atoms with van der Waals surface area (Å²) in [7, 11) is 0. The quantitative estimate of drug-likeness (QED) is 0.851. The standard InChI is InChI=1S/C16H20N4O3/c1-11-14(18-6-5-17-11)4-3-13-9-22-8-7-20(13)16(21)15-12(2)23-10-19-15/h5-6,10,13H,3-4,7-9H2,1-2H3/t13-/m0/s1.